The molecule has 1 aromatic carbocycles. The first-order valence-electron chi connectivity index (χ1n) is 6.36. The second kappa shape index (κ2) is 5.51. The first-order valence-corrected chi connectivity index (χ1v) is 6.36. The van der Waals surface area contributed by atoms with Crippen molar-refractivity contribution in [2.45, 2.75) is 32.1 Å². The molecule has 1 aliphatic rings. The summed E-state index contributed by atoms with van der Waals surface area (Å²) in [5, 5.41) is 0. The molecule has 102 valence electrons. The molecule has 0 spiro atoms. The fourth-order valence-electron chi connectivity index (χ4n) is 2.09. The van der Waals surface area contributed by atoms with Crippen molar-refractivity contribution >= 4 is 11.5 Å². The number of alkyl halides is 2. The van der Waals surface area contributed by atoms with Crippen LogP contribution in [0.3, 0.4) is 0 Å². The van der Waals surface area contributed by atoms with Crippen LogP contribution in [0.4, 0.5) is 8.78 Å². The summed E-state index contributed by atoms with van der Waals surface area (Å²) in [4.78, 5) is 11.5. The highest BCUT2D eigenvalue weighted by Crippen LogP contribution is 2.36. The van der Waals surface area contributed by atoms with Gasteiger partial charge in [0.2, 0.25) is 0 Å². The third-order valence-electron chi connectivity index (χ3n) is 3.17. The molecule has 4 heteroatoms. The lowest BCUT2D eigenvalue weighted by molar-refractivity contribution is -0.00603. The minimum Gasteiger partial charge on any atom is -0.462 e. The van der Waals surface area contributed by atoms with Gasteiger partial charge in [-0.05, 0) is 36.6 Å². The molecule has 0 fully saturated rings. The van der Waals surface area contributed by atoms with E-state index in [2.05, 4.69) is 0 Å². The standard InChI is InChI=1S/C15H16F2O2/c1-2-19-14(18)13-5-3-11(4-6-13)12-7-9-15(16,17)10-8-12/h3-7H,2,8-10H2,1H3. The van der Waals surface area contributed by atoms with Gasteiger partial charge in [0.15, 0.2) is 0 Å². The molecule has 19 heavy (non-hydrogen) atoms. The second-order valence-corrected chi connectivity index (χ2v) is 4.59. The van der Waals surface area contributed by atoms with Crippen molar-refractivity contribution in [2.24, 2.45) is 0 Å². The number of esters is 1. The van der Waals surface area contributed by atoms with Crippen LogP contribution >= 0.6 is 0 Å². The Bertz CT molecular complexity index is 489. The molecule has 0 radical (unpaired) electrons. The molecule has 0 N–H and O–H groups in total. The van der Waals surface area contributed by atoms with E-state index in [1.165, 1.54) is 0 Å². The van der Waals surface area contributed by atoms with E-state index in [-0.39, 0.29) is 18.8 Å². The maximum atomic E-state index is 13.0. The largest absolute Gasteiger partial charge is 0.462 e. The summed E-state index contributed by atoms with van der Waals surface area (Å²) in [6.45, 7) is 2.08. The van der Waals surface area contributed by atoms with Crippen LogP contribution < -0.4 is 0 Å². The fraction of sp³-hybridized carbons (Fsp3) is 0.400. The molecule has 0 amide bonds. The van der Waals surface area contributed by atoms with Crippen LogP contribution in [0.25, 0.3) is 5.57 Å². The first-order chi connectivity index (χ1) is 9.02. The van der Waals surface area contributed by atoms with Crippen molar-refractivity contribution < 1.29 is 18.3 Å². The maximum absolute atomic E-state index is 13.0. The number of allylic oxidation sites excluding steroid dienone is 2. The average Bonchev–Trinajstić information content (AvgIpc) is 2.39. The highest BCUT2D eigenvalue weighted by Gasteiger charge is 2.30. The number of hydrogen-bond donors (Lipinski definition) is 0. The Labute approximate surface area is 111 Å². The predicted octanol–water partition coefficient (Wildman–Crippen LogP) is 4.07. The Kier molecular flexibility index (Phi) is 3.98. The van der Waals surface area contributed by atoms with Gasteiger partial charge in [0, 0.05) is 12.8 Å². The maximum Gasteiger partial charge on any atom is 0.338 e. The van der Waals surface area contributed by atoms with Gasteiger partial charge >= 0.3 is 5.97 Å². The molecular weight excluding hydrogens is 250 g/mol. The van der Waals surface area contributed by atoms with Crippen molar-refractivity contribution in [3.05, 3.63) is 41.5 Å². The van der Waals surface area contributed by atoms with E-state index >= 15 is 0 Å². The highest BCUT2D eigenvalue weighted by atomic mass is 19.3. The molecule has 0 saturated carbocycles. The molecule has 0 atom stereocenters. The zero-order valence-corrected chi connectivity index (χ0v) is 10.8. The molecule has 0 bridgehead atoms. The molecule has 2 nitrogen and oxygen atoms in total. The van der Waals surface area contributed by atoms with Crippen LogP contribution in [0.15, 0.2) is 30.3 Å². The fourth-order valence-corrected chi connectivity index (χ4v) is 2.09. The predicted molar refractivity (Wildman–Crippen MR) is 69.2 cm³/mol. The van der Waals surface area contributed by atoms with E-state index in [1.807, 2.05) is 0 Å². The van der Waals surface area contributed by atoms with Gasteiger partial charge in [-0.1, -0.05) is 18.2 Å². The summed E-state index contributed by atoms with van der Waals surface area (Å²) >= 11 is 0. The van der Waals surface area contributed by atoms with E-state index in [1.54, 1.807) is 37.3 Å². The number of carbonyl (C=O) groups is 1. The van der Waals surface area contributed by atoms with Gasteiger partial charge in [-0.25, -0.2) is 13.6 Å². The highest BCUT2D eigenvalue weighted by molar-refractivity contribution is 5.89. The Morgan fingerprint density at radius 2 is 2.00 bits per heavy atom. The molecular formula is C15H16F2O2. The minimum absolute atomic E-state index is 0.113. The third kappa shape index (κ3) is 3.40. The van der Waals surface area contributed by atoms with Crippen LogP contribution in [0.5, 0.6) is 0 Å². The van der Waals surface area contributed by atoms with Gasteiger partial charge in [-0.3, -0.25) is 0 Å². The lowest BCUT2D eigenvalue weighted by Crippen LogP contribution is -2.18. The zero-order chi connectivity index (χ0) is 13.9. The van der Waals surface area contributed by atoms with Crippen LogP contribution in [0.2, 0.25) is 0 Å². The van der Waals surface area contributed by atoms with Crippen molar-refractivity contribution in [2.75, 3.05) is 6.61 Å². The Hall–Kier alpha value is -1.71. The minimum atomic E-state index is -2.58. The Balaban J connectivity index is 2.11. The molecule has 1 aliphatic carbocycles. The van der Waals surface area contributed by atoms with Crippen LogP contribution in [0.1, 0.15) is 42.1 Å². The Morgan fingerprint density at radius 1 is 1.32 bits per heavy atom. The summed E-state index contributed by atoms with van der Waals surface area (Å²) in [6.07, 6.45) is 1.63. The molecule has 1 aromatic rings. The van der Waals surface area contributed by atoms with E-state index in [0.717, 1.165) is 11.1 Å². The van der Waals surface area contributed by atoms with E-state index < -0.39 is 5.92 Å². The first kappa shape index (κ1) is 13.7. The molecule has 0 heterocycles. The van der Waals surface area contributed by atoms with Crippen LogP contribution in [0, 0.1) is 0 Å². The summed E-state index contributed by atoms with van der Waals surface area (Å²) in [7, 11) is 0. The molecule has 0 saturated heterocycles. The van der Waals surface area contributed by atoms with Gasteiger partial charge in [0.05, 0.1) is 12.2 Å². The number of hydrogen-bond acceptors (Lipinski definition) is 2. The van der Waals surface area contributed by atoms with E-state index in [4.69, 9.17) is 4.74 Å². The monoisotopic (exact) mass is 266 g/mol. The topological polar surface area (TPSA) is 26.3 Å². The van der Waals surface area contributed by atoms with Gasteiger partial charge in [0.25, 0.3) is 5.92 Å². The van der Waals surface area contributed by atoms with Gasteiger partial charge < -0.3 is 4.74 Å². The number of halogens is 2. The summed E-state index contributed by atoms with van der Waals surface area (Å²) in [6, 6.07) is 6.89. The average molecular weight is 266 g/mol. The number of ether oxygens (including phenoxy) is 1. The molecule has 0 unspecified atom stereocenters. The number of carbonyl (C=O) groups excluding carboxylic acids is 1. The Morgan fingerprint density at radius 3 is 2.53 bits per heavy atom. The van der Waals surface area contributed by atoms with Gasteiger partial charge in [0.1, 0.15) is 0 Å². The van der Waals surface area contributed by atoms with Crippen molar-refractivity contribution in [1.82, 2.24) is 0 Å². The van der Waals surface area contributed by atoms with Gasteiger partial charge in [-0.2, -0.15) is 0 Å². The lowest BCUT2D eigenvalue weighted by Gasteiger charge is -2.21. The SMILES string of the molecule is CCOC(=O)c1ccc(C2=CCC(F)(F)CC2)cc1. The number of rotatable bonds is 3. The van der Waals surface area contributed by atoms with Crippen LogP contribution in [-0.4, -0.2) is 18.5 Å². The quantitative estimate of drug-likeness (QED) is 0.771. The van der Waals surface area contributed by atoms with Crippen molar-refractivity contribution in [3.8, 4) is 0 Å². The van der Waals surface area contributed by atoms with Crippen molar-refractivity contribution in [1.29, 1.82) is 0 Å². The van der Waals surface area contributed by atoms with E-state index in [0.29, 0.717) is 18.6 Å². The summed E-state index contributed by atoms with van der Waals surface area (Å²) in [5.74, 6) is -2.94. The summed E-state index contributed by atoms with van der Waals surface area (Å²) < 4.78 is 31.0. The smallest absolute Gasteiger partial charge is 0.338 e. The third-order valence-corrected chi connectivity index (χ3v) is 3.17. The molecule has 2 rings (SSSR count). The van der Waals surface area contributed by atoms with Gasteiger partial charge in [-0.15, -0.1) is 0 Å². The van der Waals surface area contributed by atoms with Crippen LogP contribution in [-0.2, 0) is 4.74 Å². The second-order valence-electron chi connectivity index (χ2n) is 4.59. The molecule has 0 aromatic heterocycles. The number of benzene rings is 1. The van der Waals surface area contributed by atoms with E-state index in [9.17, 15) is 13.6 Å². The lowest BCUT2D eigenvalue weighted by atomic mass is 9.91. The van der Waals surface area contributed by atoms with Crippen molar-refractivity contribution in [3.63, 3.8) is 0 Å². The summed E-state index contributed by atoms with van der Waals surface area (Å²) in [5.41, 5.74) is 2.29. The zero-order valence-electron chi connectivity index (χ0n) is 10.8. The molecule has 0 aliphatic heterocycles. The normalized spacial score (nSPS) is 17.7.